The number of carbonyl (C=O) groups is 1. The third-order valence-electron chi connectivity index (χ3n) is 2.78. The second-order valence-electron chi connectivity index (χ2n) is 4.40. The molecule has 0 saturated heterocycles. The average Bonchev–Trinajstić information content (AvgIpc) is 2.42. The Hall–Kier alpha value is -1.59. The number of nitrogens with two attached hydrogens (primary N) is 1. The predicted octanol–water partition coefficient (Wildman–Crippen LogP) is 3.35. The van der Waals surface area contributed by atoms with E-state index in [0.717, 1.165) is 10.0 Å². The summed E-state index contributed by atoms with van der Waals surface area (Å²) in [6.45, 7) is 0.384. The molecule has 0 saturated carbocycles. The van der Waals surface area contributed by atoms with Crippen LogP contribution < -0.4 is 5.73 Å². The van der Waals surface area contributed by atoms with E-state index in [1.165, 1.54) is 6.20 Å². The standard InChI is InChI=1S/C14H13BrClN3O/c1-19(8-10-5-12(17)2-3-13(10)16)14(20)9-4-11(15)7-18-6-9/h2-7H,8,17H2,1H3. The van der Waals surface area contributed by atoms with Crippen molar-refractivity contribution in [1.29, 1.82) is 0 Å². The molecule has 1 amide bonds. The molecule has 1 heterocycles. The van der Waals surface area contributed by atoms with Crippen LogP contribution in [0.25, 0.3) is 0 Å². The van der Waals surface area contributed by atoms with Crippen molar-refractivity contribution in [3.63, 3.8) is 0 Å². The zero-order valence-electron chi connectivity index (χ0n) is 10.8. The Balaban J connectivity index is 2.17. The van der Waals surface area contributed by atoms with E-state index in [0.29, 0.717) is 22.8 Å². The highest BCUT2D eigenvalue weighted by molar-refractivity contribution is 9.10. The van der Waals surface area contributed by atoms with Crippen LogP contribution in [0.1, 0.15) is 15.9 Å². The molecule has 4 nitrogen and oxygen atoms in total. The van der Waals surface area contributed by atoms with Crippen molar-refractivity contribution in [3.05, 3.63) is 57.3 Å². The maximum Gasteiger partial charge on any atom is 0.255 e. The zero-order valence-corrected chi connectivity index (χ0v) is 13.1. The molecule has 0 atom stereocenters. The maximum atomic E-state index is 12.3. The number of aromatic nitrogens is 1. The summed E-state index contributed by atoms with van der Waals surface area (Å²) in [4.78, 5) is 17.8. The summed E-state index contributed by atoms with van der Waals surface area (Å²) in [5, 5.41) is 0.589. The van der Waals surface area contributed by atoms with Gasteiger partial charge in [-0.05, 0) is 45.8 Å². The van der Waals surface area contributed by atoms with Crippen molar-refractivity contribution in [3.8, 4) is 0 Å². The minimum absolute atomic E-state index is 0.128. The van der Waals surface area contributed by atoms with E-state index in [9.17, 15) is 4.79 Å². The molecule has 0 fully saturated rings. The fourth-order valence-corrected chi connectivity index (χ4v) is 2.33. The molecule has 0 aliphatic rings. The van der Waals surface area contributed by atoms with Gasteiger partial charge in [-0.25, -0.2) is 0 Å². The van der Waals surface area contributed by atoms with Crippen LogP contribution in [0.15, 0.2) is 41.1 Å². The maximum absolute atomic E-state index is 12.3. The van der Waals surface area contributed by atoms with Crippen molar-refractivity contribution in [2.24, 2.45) is 0 Å². The molecule has 104 valence electrons. The lowest BCUT2D eigenvalue weighted by atomic mass is 10.1. The topological polar surface area (TPSA) is 59.2 Å². The number of carbonyl (C=O) groups excluding carboxylic acids is 1. The van der Waals surface area contributed by atoms with Crippen LogP contribution in [-0.2, 0) is 6.54 Å². The number of rotatable bonds is 3. The monoisotopic (exact) mass is 353 g/mol. The summed E-state index contributed by atoms with van der Waals surface area (Å²) in [6, 6.07) is 6.95. The van der Waals surface area contributed by atoms with Crippen molar-refractivity contribution in [2.45, 2.75) is 6.54 Å². The van der Waals surface area contributed by atoms with Gasteiger partial charge in [0.1, 0.15) is 0 Å². The summed E-state index contributed by atoms with van der Waals surface area (Å²) in [7, 11) is 1.71. The largest absolute Gasteiger partial charge is 0.399 e. The zero-order chi connectivity index (χ0) is 14.7. The molecule has 2 aromatic rings. The van der Waals surface area contributed by atoms with Crippen LogP contribution in [0.5, 0.6) is 0 Å². The number of hydrogen-bond donors (Lipinski definition) is 1. The molecule has 0 unspecified atom stereocenters. The first-order chi connectivity index (χ1) is 9.47. The normalized spacial score (nSPS) is 10.3. The molecule has 20 heavy (non-hydrogen) atoms. The molecule has 0 spiro atoms. The van der Waals surface area contributed by atoms with Crippen molar-refractivity contribution >= 4 is 39.1 Å². The number of halogens is 2. The Kier molecular flexibility index (Phi) is 4.62. The highest BCUT2D eigenvalue weighted by Gasteiger charge is 2.14. The number of anilines is 1. The van der Waals surface area contributed by atoms with Crippen LogP contribution in [0.2, 0.25) is 5.02 Å². The molecule has 1 aromatic heterocycles. The molecular formula is C14H13BrClN3O. The first-order valence-electron chi connectivity index (χ1n) is 5.87. The van der Waals surface area contributed by atoms with Crippen molar-refractivity contribution in [1.82, 2.24) is 9.88 Å². The Labute approximate surface area is 130 Å². The van der Waals surface area contributed by atoms with Gasteiger partial charge in [-0.15, -0.1) is 0 Å². The van der Waals surface area contributed by atoms with Gasteiger partial charge in [-0.1, -0.05) is 11.6 Å². The molecule has 0 radical (unpaired) electrons. The minimum Gasteiger partial charge on any atom is -0.399 e. The van der Waals surface area contributed by atoms with Crippen LogP contribution >= 0.6 is 27.5 Å². The quantitative estimate of drug-likeness (QED) is 0.860. The number of hydrogen-bond acceptors (Lipinski definition) is 3. The third-order valence-corrected chi connectivity index (χ3v) is 3.58. The summed E-state index contributed by atoms with van der Waals surface area (Å²) in [6.07, 6.45) is 3.16. The number of nitrogen functional groups attached to an aromatic ring is 1. The number of nitrogens with zero attached hydrogens (tertiary/aromatic N) is 2. The first kappa shape index (κ1) is 14.8. The number of amides is 1. The number of pyridine rings is 1. The molecule has 0 aliphatic heterocycles. The Morgan fingerprint density at radius 3 is 2.85 bits per heavy atom. The summed E-state index contributed by atoms with van der Waals surface area (Å²) >= 11 is 9.40. The summed E-state index contributed by atoms with van der Waals surface area (Å²) in [5.74, 6) is -0.128. The first-order valence-corrected chi connectivity index (χ1v) is 7.04. The van der Waals surface area contributed by atoms with E-state index in [4.69, 9.17) is 17.3 Å². The second-order valence-corrected chi connectivity index (χ2v) is 5.73. The van der Waals surface area contributed by atoms with E-state index in [1.54, 1.807) is 42.4 Å². The lowest BCUT2D eigenvalue weighted by molar-refractivity contribution is 0.0784. The predicted molar refractivity (Wildman–Crippen MR) is 83.6 cm³/mol. The Morgan fingerprint density at radius 2 is 2.15 bits per heavy atom. The third kappa shape index (κ3) is 3.49. The highest BCUT2D eigenvalue weighted by atomic mass is 79.9. The van der Waals surface area contributed by atoms with Crippen LogP contribution in [0.3, 0.4) is 0 Å². The summed E-state index contributed by atoms with van der Waals surface area (Å²) in [5.41, 5.74) is 7.68. The van der Waals surface area contributed by atoms with Gasteiger partial charge >= 0.3 is 0 Å². The van der Waals surface area contributed by atoms with Crippen molar-refractivity contribution in [2.75, 3.05) is 12.8 Å². The van der Waals surface area contributed by atoms with E-state index in [2.05, 4.69) is 20.9 Å². The van der Waals surface area contributed by atoms with Gasteiger partial charge in [0, 0.05) is 41.2 Å². The molecular weight excluding hydrogens is 342 g/mol. The van der Waals surface area contributed by atoms with Crippen LogP contribution in [0, 0.1) is 0 Å². The van der Waals surface area contributed by atoms with Gasteiger partial charge in [0.2, 0.25) is 0 Å². The lowest BCUT2D eigenvalue weighted by Gasteiger charge is -2.18. The van der Waals surface area contributed by atoms with Gasteiger partial charge in [0.05, 0.1) is 5.56 Å². The van der Waals surface area contributed by atoms with Gasteiger partial charge in [-0.2, -0.15) is 0 Å². The Bertz CT molecular complexity index is 648. The highest BCUT2D eigenvalue weighted by Crippen LogP contribution is 2.21. The smallest absolute Gasteiger partial charge is 0.255 e. The average molecular weight is 355 g/mol. The van der Waals surface area contributed by atoms with Crippen molar-refractivity contribution < 1.29 is 4.79 Å². The van der Waals surface area contributed by atoms with E-state index in [-0.39, 0.29) is 5.91 Å². The second kappa shape index (κ2) is 6.24. The lowest BCUT2D eigenvalue weighted by Crippen LogP contribution is -2.26. The SMILES string of the molecule is CN(Cc1cc(N)ccc1Cl)C(=O)c1cncc(Br)c1. The van der Waals surface area contributed by atoms with E-state index in [1.807, 2.05) is 0 Å². The Morgan fingerprint density at radius 1 is 1.40 bits per heavy atom. The number of benzene rings is 1. The minimum atomic E-state index is -0.128. The fourth-order valence-electron chi connectivity index (χ4n) is 1.79. The summed E-state index contributed by atoms with van der Waals surface area (Å²) < 4.78 is 0.763. The van der Waals surface area contributed by atoms with Gasteiger partial charge in [0.15, 0.2) is 0 Å². The van der Waals surface area contributed by atoms with Gasteiger partial charge < -0.3 is 10.6 Å². The van der Waals surface area contributed by atoms with Crippen LogP contribution in [0.4, 0.5) is 5.69 Å². The molecule has 6 heteroatoms. The molecule has 0 aliphatic carbocycles. The van der Waals surface area contributed by atoms with E-state index < -0.39 is 0 Å². The molecule has 0 bridgehead atoms. The van der Waals surface area contributed by atoms with Gasteiger partial charge in [0.25, 0.3) is 5.91 Å². The molecule has 2 N–H and O–H groups in total. The molecule has 2 rings (SSSR count). The molecule has 1 aromatic carbocycles. The fraction of sp³-hybridized carbons (Fsp3) is 0.143. The van der Waals surface area contributed by atoms with Crippen LogP contribution in [-0.4, -0.2) is 22.8 Å². The van der Waals surface area contributed by atoms with E-state index >= 15 is 0 Å². The van der Waals surface area contributed by atoms with Gasteiger partial charge in [-0.3, -0.25) is 9.78 Å².